The summed E-state index contributed by atoms with van der Waals surface area (Å²) in [4.78, 5) is 0. The lowest BCUT2D eigenvalue weighted by Gasteiger charge is -1.61. The first-order valence-electron chi connectivity index (χ1n) is 2.12. The Morgan fingerprint density at radius 1 is 1.62 bits per heavy atom. The molecule has 0 N–H and O–H groups in total. The third kappa shape index (κ3) is 0.376. The molecule has 0 saturated heterocycles. The Morgan fingerprint density at radius 2 is 2.62 bits per heavy atom. The highest BCUT2D eigenvalue weighted by molar-refractivity contribution is 7.12. The van der Waals surface area contributed by atoms with Gasteiger partial charge in [0, 0.05) is 0 Å². The number of nitrogens with zero attached hydrogens (tertiary/aromatic N) is 2. The fraction of sp³-hybridized carbons (Fsp3) is 0. The molecule has 0 aliphatic rings. The Hall–Kier alpha value is -0.900. The van der Waals surface area contributed by atoms with Crippen LogP contribution in [0.15, 0.2) is 16.7 Å². The lowest BCUT2D eigenvalue weighted by molar-refractivity contribution is 0.600. The molecule has 2 aromatic heterocycles. The molecule has 8 heavy (non-hydrogen) atoms. The van der Waals surface area contributed by atoms with Crippen LogP contribution >= 0.6 is 11.5 Å². The van der Waals surface area contributed by atoms with E-state index in [1.807, 2.05) is 6.07 Å². The third-order valence-corrected chi connectivity index (χ3v) is 1.55. The monoisotopic (exact) mass is 126 g/mol. The summed E-state index contributed by atoms with van der Waals surface area (Å²) in [5.74, 6) is 0. The number of furan rings is 1. The number of hydrogen-bond acceptors (Lipinski definition) is 4. The van der Waals surface area contributed by atoms with Crippen molar-refractivity contribution >= 4 is 21.9 Å². The quantitative estimate of drug-likeness (QED) is 0.533. The van der Waals surface area contributed by atoms with Crippen LogP contribution in [0.2, 0.25) is 0 Å². The molecule has 0 aromatic carbocycles. The highest BCUT2D eigenvalue weighted by Crippen LogP contribution is 2.14. The molecule has 0 unspecified atom stereocenters. The molecule has 0 bridgehead atoms. The molecular weight excluding hydrogens is 124 g/mol. The van der Waals surface area contributed by atoms with Gasteiger partial charge in [0.1, 0.15) is 4.70 Å². The van der Waals surface area contributed by atoms with Crippen molar-refractivity contribution in [3.05, 3.63) is 12.3 Å². The average Bonchev–Trinajstić information content (AvgIpc) is 2.15. The molecule has 3 nitrogen and oxygen atoms in total. The predicted molar refractivity (Wildman–Crippen MR) is 29.7 cm³/mol. The van der Waals surface area contributed by atoms with E-state index in [0.29, 0.717) is 5.71 Å². The summed E-state index contributed by atoms with van der Waals surface area (Å²) in [6.45, 7) is 0. The Kier molecular flexibility index (Phi) is 0.648. The van der Waals surface area contributed by atoms with Crippen LogP contribution in [-0.2, 0) is 0 Å². The fourth-order valence-corrected chi connectivity index (χ4v) is 1.02. The summed E-state index contributed by atoms with van der Waals surface area (Å²) in [5, 5.41) is 3.68. The van der Waals surface area contributed by atoms with Crippen molar-refractivity contribution in [2.75, 3.05) is 0 Å². The van der Waals surface area contributed by atoms with Gasteiger partial charge in [-0.05, 0) is 17.6 Å². The fourth-order valence-electron chi connectivity index (χ4n) is 0.533. The minimum atomic E-state index is 0.634. The normalized spacial score (nSPS) is 10.5. The van der Waals surface area contributed by atoms with E-state index in [1.54, 1.807) is 6.26 Å². The molecule has 4 heteroatoms. The summed E-state index contributed by atoms with van der Waals surface area (Å²) in [7, 11) is 0. The molecular formula is C4H2N2OS. The van der Waals surface area contributed by atoms with Crippen molar-refractivity contribution in [2.24, 2.45) is 0 Å². The van der Waals surface area contributed by atoms with Gasteiger partial charge in [-0.2, -0.15) is 0 Å². The van der Waals surface area contributed by atoms with E-state index in [4.69, 9.17) is 4.42 Å². The lowest BCUT2D eigenvalue weighted by atomic mass is 10.6. The van der Waals surface area contributed by atoms with E-state index < -0.39 is 0 Å². The smallest absolute Gasteiger partial charge is 0.258 e. The minimum Gasteiger partial charge on any atom is -0.444 e. The van der Waals surface area contributed by atoms with Crippen LogP contribution in [0.5, 0.6) is 0 Å². The molecule has 40 valence electrons. The summed E-state index contributed by atoms with van der Waals surface area (Å²) in [5.41, 5.74) is 0.634. The number of hydrogen-bond donors (Lipinski definition) is 0. The van der Waals surface area contributed by atoms with E-state index in [9.17, 15) is 0 Å². The van der Waals surface area contributed by atoms with E-state index in [2.05, 4.69) is 9.59 Å². The van der Waals surface area contributed by atoms with Crippen LogP contribution in [0, 0.1) is 0 Å². The maximum Gasteiger partial charge on any atom is 0.258 e. The number of aromatic nitrogens is 2. The van der Waals surface area contributed by atoms with E-state index in [1.165, 1.54) is 11.5 Å². The largest absolute Gasteiger partial charge is 0.444 e. The van der Waals surface area contributed by atoms with Crippen molar-refractivity contribution in [2.45, 2.75) is 0 Å². The first-order valence-corrected chi connectivity index (χ1v) is 2.90. The van der Waals surface area contributed by atoms with Gasteiger partial charge in [0.15, 0.2) is 0 Å². The second kappa shape index (κ2) is 1.29. The second-order valence-electron chi connectivity index (χ2n) is 1.36. The van der Waals surface area contributed by atoms with Gasteiger partial charge in [0.25, 0.3) is 5.71 Å². The summed E-state index contributed by atoms with van der Waals surface area (Å²) < 4.78 is 9.56. The second-order valence-corrected chi connectivity index (χ2v) is 2.15. The standard InChI is InChI=1S/C4H2N2OS/c1-2-7-4-3(1)8-6-5-4/h1-2H. The molecule has 0 spiro atoms. The molecule has 0 aliphatic heterocycles. The lowest BCUT2D eigenvalue weighted by Crippen LogP contribution is -1.57. The molecule has 0 radical (unpaired) electrons. The molecule has 2 aromatic rings. The molecule has 2 rings (SSSR count). The zero-order valence-corrected chi connectivity index (χ0v) is 4.68. The van der Waals surface area contributed by atoms with Gasteiger partial charge in [-0.3, -0.25) is 0 Å². The highest BCUT2D eigenvalue weighted by Gasteiger charge is 1.96. The maximum absolute atomic E-state index is 4.89. The van der Waals surface area contributed by atoms with Gasteiger partial charge in [-0.1, -0.05) is 9.59 Å². The summed E-state index contributed by atoms with van der Waals surface area (Å²) >= 11 is 1.34. The van der Waals surface area contributed by atoms with Gasteiger partial charge >= 0.3 is 0 Å². The number of fused-ring (bicyclic) bond motifs is 1. The molecule has 0 fully saturated rings. The first kappa shape index (κ1) is 4.03. The van der Waals surface area contributed by atoms with Crippen molar-refractivity contribution in [1.29, 1.82) is 0 Å². The Balaban J connectivity index is 3.06. The summed E-state index contributed by atoms with van der Waals surface area (Å²) in [6.07, 6.45) is 1.61. The van der Waals surface area contributed by atoms with Crippen LogP contribution in [-0.4, -0.2) is 9.59 Å². The van der Waals surface area contributed by atoms with Crippen LogP contribution in [0.4, 0.5) is 0 Å². The van der Waals surface area contributed by atoms with Gasteiger partial charge in [0.05, 0.1) is 6.26 Å². The first-order chi connectivity index (χ1) is 3.97. The Labute approximate surface area is 49.1 Å². The topological polar surface area (TPSA) is 38.9 Å². The van der Waals surface area contributed by atoms with Gasteiger partial charge in [-0.15, -0.1) is 0 Å². The van der Waals surface area contributed by atoms with Crippen molar-refractivity contribution in [3.63, 3.8) is 0 Å². The maximum atomic E-state index is 4.89. The van der Waals surface area contributed by atoms with Crippen molar-refractivity contribution in [3.8, 4) is 0 Å². The third-order valence-electron chi connectivity index (χ3n) is 0.881. The van der Waals surface area contributed by atoms with Crippen LogP contribution in [0.3, 0.4) is 0 Å². The Morgan fingerprint density at radius 3 is 3.50 bits per heavy atom. The van der Waals surface area contributed by atoms with Crippen molar-refractivity contribution < 1.29 is 4.42 Å². The molecule has 0 saturated carbocycles. The highest BCUT2D eigenvalue weighted by atomic mass is 32.1. The van der Waals surface area contributed by atoms with E-state index in [0.717, 1.165) is 4.70 Å². The zero-order chi connectivity index (χ0) is 5.40. The average molecular weight is 126 g/mol. The van der Waals surface area contributed by atoms with Gasteiger partial charge in [0.2, 0.25) is 0 Å². The van der Waals surface area contributed by atoms with E-state index in [-0.39, 0.29) is 0 Å². The van der Waals surface area contributed by atoms with Gasteiger partial charge < -0.3 is 4.42 Å². The minimum absolute atomic E-state index is 0.634. The molecule has 2 heterocycles. The Bertz CT molecular complexity index is 235. The van der Waals surface area contributed by atoms with Crippen molar-refractivity contribution in [1.82, 2.24) is 9.59 Å². The zero-order valence-electron chi connectivity index (χ0n) is 3.87. The molecule has 0 atom stereocenters. The summed E-state index contributed by atoms with van der Waals surface area (Å²) in [6, 6.07) is 1.85. The predicted octanol–water partition coefficient (Wildman–Crippen LogP) is 1.28. The molecule has 0 amide bonds. The SMILES string of the molecule is c1cc2snnc2o1. The van der Waals surface area contributed by atoms with E-state index >= 15 is 0 Å². The molecule has 0 aliphatic carbocycles. The van der Waals surface area contributed by atoms with Crippen LogP contribution in [0.25, 0.3) is 10.4 Å². The van der Waals surface area contributed by atoms with Crippen LogP contribution in [0.1, 0.15) is 0 Å². The number of rotatable bonds is 0. The van der Waals surface area contributed by atoms with Crippen LogP contribution < -0.4 is 0 Å². The van der Waals surface area contributed by atoms with Gasteiger partial charge in [-0.25, -0.2) is 0 Å².